The lowest BCUT2D eigenvalue weighted by Gasteiger charge is -2.33. The quantitative estimate of drug-likeness (QED) is 0.745. The third-order valence-electron chi connectivity index (χ3n) is 3.94. The molecule has 0 bridgehead atoms. The maximum atomic E-state index is 12.4. The zero-order valence-corrected chi connectivity index (χ0v) is 11.7. The molecule has 0 unspecified atom stereocenters. The largest absolute Gasteiger partial charge is 0.377 e. The molecule has 0 fully saturated rings. The molecule has 3 rings (SSSR count). The van der Waals surface area contributed by atoms with Crippen LogP contribution in [0.1, 0.15) is 33.6 Å². The normalized spacial score (nSPS) is 24.8. The Morgan fingerprint density at radius 3 is 2.58 bits per heavy atom. The summed E-state index contributed by atoms with van der Waals surface area (Å²) in [6, 6.07) is 8.19. The molecule has 2 aliphatic rings. The number of fused-ring (bicyclic) bond motifs is 1. The van der Waals surface area contributed by atoms with Crippen LogP contribution in [0.2, 0.25) is 0 Å². The van der Waals surface area contributed by atoms with Gasteiger partial charge in [0, 0.05) is 17.7 Å². The zero-order chi connectivity index (χ0) is 13.6. The topological polar surface area (TPSA) is 41.1 Å². The lowest BCUT2D eigenvalue weighted by Crippen LogP contribution is -2.33. The first kappa shape index (κ1) is 12.3. The van der Waals surface area contributed by atoms with E-state index in [1.54, 1.807) is 0 Å². The third-order valence-corrected chi connectivity index (χ3v) is 3.94. The number of carbonyl (C=O) groups is 1. The lowest BCUT2D eigenvalue weighted by molar-refractivity contribution is -0.118. The van der Waals surface area contributed by atoms with Gasteiger partial charge in [-0.05, 0) is 30.9 Å². The Morgan fingerprint density at radius 1 is 1.16 bits per heavy atom. The number of anilines is 2. The van der Waals surface area contributed by atoms with Gasteiger partial charge in [-0.2, -0.15) is 0 Å². The van der Waals surface area contributed by atoms with E-state index in [0.29, 0.717) is 6.42 Å². The van der Waals surface area contributed by atoms with Gasteiger partial charge < -0.3 is 10.6 Å². The molecule has 0 amide bonds. The van der Waals surface area contributed by atoms with Crippen LogP contribution in [-0.4, -0.2) is 11.8 Å². The Balaban J connectivity index is 2.07. The van der Waals surface area contributed by atoms with Gasteiger partial charge in [0.15, 0.2) is 5.78 Å². The van der Waals surface area contributed by atoms with Crippen molar-refractivity contribution in [3.05, 3.63) is 35.5 Å². The summed E-state index contributed by atoms with van der Waals surface area (Å²) in [5.74, 6) is 0.270. The third kappa shape index (κ3) is 2.14. The first-order chi connectivity index (χ1) is 8.96. The second kappa shape index (κ2) is 4.12. The van der Waals surface area contributed by atoms with Gasteiger partial charge in [-0.3, -0.25) is 4.79 Å². The van der Waals surface area contributed by atoms with Gasteiger partial charge in [-0.25, -0.2) is 0 Å². The Labute approximate surface area is 114 Å². The molecule has 0 saturated carbocycles. The molecule has 2 N–H and O–H groups in total. The van der Waals surface area contributed by atoms with Gasteiger partial charge in [0.05, 0.1) is 17.4 Å². The molecule has 1 aromatic carbocycles. The van der Waals surface area contributed by atoms with E-state index >= 15 is 0 Å². The van der Waals surface area contributed by atoms with Gasteiger partial charge in [0.1, 0.15) is 0 Å². The average Bonchev–Trinajstić information content (AvgIpc) is 2.42. The van der Waals surface area contributed by atoms with E-state index in [0.717, 1.165) is 29.1 Å². The zero-order valence-electron chi connectivity index (χ0n) is 11.7. The number of ketones is 1. The van der Waals surface area contributed by atoms with E-state index in [-0.39, 0.29) is 17.2 Å². The molecule has 0 radical (unpaired) electrons. The minimum atomic E-state index is 0.0436. The van der Waals surface area contributed by atoms with Crippen LogP contribution in [0.3, 0.4) is 0 Å². The van der Waals surface area contributed by atoms with Crippen molar-refractivity contribution in [1.82, 2.24) is 0 Å². The van der Waals surface area contributed by atoms with Crippen LogP contribution in [-0.2, 0) is 4.79 Å². The number of benzene rings is 1. The van der Waals surface area contributed by atoms with Crippen molar-refractivity contribution >= 4 is 17.2 Å². The number of rotatable bonds is 0. The number of hydrogen-bond donors (Lipinski definition) is 2. The highest BCUT2D eigenvalue weighted by molar-refractivity contribution is 6.00. The first-order valence-corrected chi connectivity index (χ1v) is 6.85. The van der Waals surface area contributed by atoms with Crippen molar-refractivity contribution in [1.29, 1.82) is 0 Å². The second-order valence-corrected chi connectivity index (χ2v) is 6.37. The van der Waals surface area contributed by atoms with Crippen LogP contribution in [0.25, 0.3) is 0 Å². The van der Waals surface area contributed by atoms with E-state index in [1.807, 2.05) is 18.2 Å². The van der Waals surface area contributed by atoms with E-state index in [1.165, 1.54) is 0 Å². The second-order valence-electron chi connectivity index (χ2n) is 6.37. The highest BCUT2D eigenvalue weighted by atomic mass is 16.1. The van der Waals surface area contributed by atoms with Crippen molar-refractivity contribution in [2.75, 3.05) is 10.6 Å². The maximum Gasteiger partial charge on any atom is 0.163 e. The molecular weight excluding hydrogens is 236 g/mol. The van der Waals surface area contributed by atoms with E-state index in [9.17, 15) is 4.79 Å². The van der Waals surface area contributed by atoms with Gasteiger partial charge in [0.25, 0.3) is 0 Å². The molecule has 3 heteroatoms. The van der Waals surface area contributed by atoms with Gasteiger partial charge >= 0.3 is 0 Å². The fraction of sp³-hybridized carbons (Fsp3) is 0.438. The van der Waals surface area contributed by atoms with Crippen molar-refractivity contribution in [3.63, 3.8) is 0 Å². The fourth-order valence-electron chi connectivity index (χ4n) is 3.13. The van der Waals surface area contributed by atoms with Crippen LogP contribution >= 0.6 is 0 Å². The molecule has 0 saturated heterocycles. The van der Waals surface area contributed by atoms with E-state index in [2.05, 4.69) is 37.5 Å². The van der Waals surface area contributed by atoms with Crippen LogP contribution in [0.5, 0.6) is 0 Å². The predicted octanol–water partition coefficient (Wildman–Crippen LogP) is 3.56. The number of nitrogens with one attached hydrogen (secondary N) is 2. The minimum Gasteiger partial charge on any atom is -0.377 e. The van der Waals surface area contributed by atoms with Gasteiger partial charge in [-0.15, -0.1) is 0 Å². The number of para-hydroxylation sites is 2. The average molecular weight is 256 g/mol. The number of Topliss-reactive ketones (excluding diaryl/α,β-unsaturated/α-hetero) is 1. The summed E-state index contributed by atoms with van der Waals surface area (Å²) in [6.07, 6.45) is 1.56. The Kier molecular flexibility index (Phi) is 2.66. The summed E-state index contributed by atoms with van der Waals surface area (Å²) >= 11 is 0. The molecule has 0 spiro atoms. The summed E-state index contributed by atoms with van der Waals surface area (Å²) in [4.78, 5) is 12.4. The summed E-state index contributed by atoms with van der Waals surface area (Å²) < 4.78 is 0. The molecular formula is C16H20N2O. The van der Waals surface area contributed by atoms with E-state index in [4.69, 9.17) is 0 Å². The maximum absolute atomic E-state index is 12.4. The van der Waals surface area contributed by atoms with Crippen molar-refractivity contribution in [3.8, 4) is 0 Å². The Morgan fingerprint density at radius 2 is 1.84 bits per heavy atom. The summed E-state index contributed by atoms with van der Waals surface area (Å²) in [7, 11) is 0. The summed E-state index contributed by atoms with van der Waals surface area (Å²) in [6.45, 7) is 6.38. The van der Waals surface area contributed by atoms with Crippen LogP contribution in [0, 0.1) is 5.41 Å². The molecule has 1 aliphatic heterocycles. The van der Waals surface area contributed by atoms with Crippen molar-refractivity contribution in [2.45, 2.75) is 39.7 Å². The number of hydrogen-bond acceptors (Lipinski definition) is 3. The van der Waals surface area contributed by atoms with Crippen molar-refractivity contribution in [2.24, 2.45) is 5.41 Å². The molecule has 0 aromatic heterocycles. The van der Waals surface area contributed by atoms with Crippen LogP contribution < -0.4 is 10.6 Å². The van der Waals surface area contributed by atoms with Gasteiger partial charge in [0.2, 0.25) is 0 Å². The molecule has 1 aromatic rings. The van der Waals surface area contributed by atoms with E-state index < -0.39 is 0 Å². The van der Waals surface area contributed by atoms with Crippen LogP contribution in [0.15, 0.2) is 35.5 Å². The number of allylic oxidation sites excluding steroid dienone is 1. The highest BCUT2D eigenvalue weighted by Gasteiger charge is 2.36. The van der Waals surface area contributed by atoms with Crippen molar-refractivity contribution < 1.29 is 4.79 Å². The standard InChI is InChI=1S/C16H20N2O/c1-10-15-13(8-16(2,3)9-14(15)19)18-12-7-5-4-6-11(12)17-10/h4-7,10,17-18H,8-9H2,1-3H3/t10-/m1/s1. The SMILES string of the molecule is C[C@H]1Nc2ccccc2NC2=C1C(=O)CC(C)(C)C2. The Bertz CT molecular complexity index is 572. The molecule has 100 valence electrons. The molecule has 1 heterocycles. The number of carbonyl (C=O) groups excluding carboxylic acids is 1. The monoisotopic (exact) mass is 256 g/mol. The summed E-state index contributed by atoms with van der Waals surface area (Å²) in [5, 5.41) is 6.91. The Hall–Kier alpha value is -1.77. The highest BCUT2D eigenvalue weighted by Crippen LogP contribution is 2.41. The molecule has 1 aliphatic carbocycles. The lowest BCUT2D eigenvalue weighted by atomic mass is 9.74. The minimum absolute atomic E-state index is 0.0436. The molecule has 3 nitrogen and oxygen atoms in total. The smallest absolute Gasteiger partial charge is 0.163 e. The van der Waals surface area contributed by atoms with Gasteiger partial charge in [-0.1, -0.05) is 26.0 Å². The summed E-state index contributed by atoms with van der Waals surface area (Å²) in [5.41, 5.74) is 4.18. The predicted molar refractivity (Wildman–Crippen MR) is 78.2 cm³/mol. The molecule has 19 heavy (non-hydrogen) atoms. The first-order valence-electron chi connectivity index (χ1n) is 6.85. The fourth-order valence-corrected chi connectivity index (χ4v) is 3.13. The molecule has 1 atom stereocenters. The van der Waals surface area contributed by atoms with Crippen LogP contribution in [0.4, 0.5) is 11.4 Å².